The molecule has 1 aliphatic carbocycles. The van der Waals surface area contributed by atoms with Crippen molar-refractivity contribution in [1.29, 1.82) is 0 Å². The number of carbonyl (C=O) groups is 4. The number of ketones is 1. The van der Waals surface area contributed by atoms with E-state index >= 15 is 0 Å². The summed E-state index contributed by atoms with van der Waals surface area (Å²) in [7, 11) is 1.22. The van der Waals surface area contributed by atoms with Crippen LogP contribution in [0.4, 0.5) is 18.9 Å². The highest BCUT2D eigenvalue weighted by Gasteiger charge is 2.62. The van der Waals surface area contributed by atoms with Crippen LogP contribution in [-0.2, 0) is 22.6 Å². The highest BCUT2D eigenvalue weighted by atomic mass is 35.5. The van der Waals surface area contributed by atoms with Crippen LogP contribution in [0.2, 0.25) is 5.02 Å². The fourth-order valence-electron chi connectivity index (χ4n) is 4.84. The molecule has 9 nitrogen and oxygen atoms in total. The van der Waals surface area contributed by atoms with Crippen LogP contribution in [0.25, 0.3) is 0 Å². The number of rotatable bonds is 6. The molecule has 1 fully saturated rings. The minimum absolute atomic E-state index is 0.0191. The zero-order valence-electron chi connectivity index (χ0n) is 19.2. The van der Waals surface area contributed by atoms with E-state index in [0.717, 1.165) is 6.07 Å². The van der Waals surface area contributed by atoms with Gasteiger partial charge >= 0.3 is 0 Å². The van der Waals surface area contributed by atoms with Crippen molar-refractivity contribution >= 4 is 40.8 Å². The number of nitrogens with zero attached hydrogens (tertiary/aromatic N) is 1. The van der Waals surface area contributed by atoms with E-state index in [9.17, 15) is 37.5 Å². The van der Waals surface area contributed by atoms with Crippen molar-refractivity contribution in [2.45, 2.75) is 50.3 Å². The molecule has 2 aliphatic rings. The first-order valence-corrected chi connectivity index (χ1v) is 11.3. The number of anilines is 1. The van der Waals surface area contributed by atoms with Gasteiger partial charge < -0.3 is 25.6 Å². The van der Waals surface area contributed by atoms with Crippen molar-refractivity contribution in [3.8, 4) is 0 Å². The van der Waals surface area contributed by atoms with Gasteiger partial charge in [0.05, 0.1) is 16.7 Å². The van der Waals surface area contributed by atoms with Crippen molar-refractivity contribution in [2.24, 2.45) is 0 Å². The molecule has 13 heteroatoms. The molecule has 1 atom stereocenters. The Balaban J connectivity index is 1.65. The highest BCUT2D eigenvalue weighted by molar-refractivity contribution is 6.44. The Morgan fingerprint density at radius 1 is 1.19 bits per heavy atom. The predicted octanol–water partition coefficient (Wildman–Crippen LogP) is 1.97. The third kappa shape index (κ3) is 4.35. The highest BCUT2D eigenvalue weighted by Crippen LogP contribution is 2.46. The van der Waals surface area contributed by atoms with E-state index < -0.39 is 59.7 Å². The molecule has 36 heavy (non-hydrogen) atoms. The number of hydrogen-bond acceptors (Lipinski definition) is 5. The van der Waals surface area contributed by atoms with E-state index in [4.69, 9.17) is 11.6 Å². The van der Waals surface area contributed by atoms with Crippen LogP contribution in [-0.4, -0.2) is 57.8 Å². The first kappa shape index (κ1) is 25.7. The van der Waals surface area contributed by atoms with Gasteiger partial charge in [-0.2, -0.15) is 0 Å². The normalized spacial score (nSPS) is 19.1. The van der Waals surface area contributed by atoms with Gasteiger partial charge in [-0.25, -0.2) is 13.2 Å². The number of hydrogen-bond donors (Lipinski definition) is 4. The molecular formula is C23H22ClF3N4O5. The number of halogens is 4. The van der Waals surface area contributed by atoms with E-state index in [1.54, 1.807) is 0 Å². The smallest absolute Gasteiger partial charge is 0.293 e. The monoisotopic (exact) mass is 526 g/mol. The largest absolute Gasteiger partial charge is 0.391 e. The number of aromatic nitrogens is 1. The molecule has 1 aromatic carbocycles. The second-order valence-corrected chi connectivity index (χ2v) is 9.41. The molecule has 0 spiro atoms. The number of aliphatic hydroxyl groups is 1. The summed E-state index contributed by atoms with van der Waals surface area (Å²) in [6.07, 6.45) is -2.90. The summed E-state index contributed by atoms with van der Waals surface area (Å²) in [5, 5.41) is 16.9. The molecular weight excluding hydrogens is 505 g/mol. The Hall–Kier alpha value is -3.38. The summed E-state index contributed by atoms with van der Waals surface area (Å²) < 4.78 is 42.0. The van der Waals surface area contributed by atoms with Crippen LogP contribution in [0.1, 0.15) is 44.9 Å². The Labute approximate surface area is 208 Å². The number of benzene rings is 1. The summed E-state index contributed by atoms with van der Waals surface area (Å²) in [5.41, 5.74) is -1.61. The molecule has 1 unspecified atom stereocenters. The predicted molar refractivity (Wildman–Crippen MR) is 122 cm³/mol. The topological polar surface area (TPSA) is 130 Å². The van der Waals surface area contributed by atoms with Crippen LogP contribution in [0, 0.1) is 12.7 Å². The second-order valence-electron chi connectivity index (χ2n) is 9.00. The quantitative estimate of drug-likeness (QED) is 0.338. The molecule has 3 amide bonds. The molecule has 1 aromatic heterocycles. The van der Waals surface area contributed by atoms with E-state index in [0.29, 0.717) is 0 Å². The van der Waals surface area contributed by atoms with Crippen LogP contribution < -0.4 is 16.0 Å². The first-order valence-electron chi connectivity index (χ1n) is 10.9. The maximum atomic E-state index is 13.6. The zero-order valence-corrected chi connectivity index (χ0v) is 19.9. The van der Waals surface area contributed by atoms with Crippen LogP contribution >= 0.6 is 11.6 Å². The zero-order chi connectivity index (χ0) is 26.6. The van der Waals surface area contributed by atoms with Crippen molar-refractivity contribution in [3.05, 3.63) is 51.6 Å². The molecule has 2 aromatic rings. The molecule has 0 bridgehead atoms. The average molecular weight is 527 g/mol. The van der Waals surface area contributed by atoms with Gasteiger partial charge in [0, 0.05) is 44.2 Å². The number of likely N-dealkylation sites (N-methyl/N-ethyl adjacent to an activating group) is 1. The lowest BCUT2D eigenvalue weighted by atomic mass is 9.72. The van der Waals surface area contributed by atoms with Crippen molar-refractivity contribution in [1.82, 2.24) is 15.2 Å². The number of amides is 3. The summed E-state index contributed by atoms with van der Waals surface area (Å²) in [6, 6.07) is 3.53. The summed E-state index contributed by atoms with van der Waals surface area (Å²) in [6.45, 7) is 1.39. The standard InChI is InChI=1S/C23H22ClF3N4O5/c1-10-16(18(33)20(35)30-22(21(36)28-2)8-23(26,27)9-22)15-6-12(32)7-31(15)17(10)19(34)29-11-3-4-14(25)13(24)5-11/h3-5,12,32H,6-9H2,1-2H3,(H,28,36)(H,29,34)(H,30,35). The van der Waals surface area contributed by atoms with Crippen LogP contribution in [0.15, 0.2) is 18.2 Å². The Kier molecular flexibility index (Phi) is 6.38. The number of nitrogens with one attached hydrogen (secondary N) is 3. The van der Waals surface area contributed by atoms with Gasteiger partial charge in [0.15, 0.2) is 0 Å². The molecule has 2 heterocycles. The second kappa shape index (κ2) is 8.93. The van der Waals surface area contributed by atoms with Gasteiger partial charge in [-0.05, 0) is 30.7 Å². The summed E-state index contributed by atoms with van der Waals surface area (Å²) in [5.74, 6) is -7.84. The Morgan fingerprint density at radius 3 is 2.44 bits per heavy atom. The minimum Gasteiger partial charge on any atom is -0.391 e. The van der Waals surface area contributed by atoms with Crippen LogP contribution in [0.5, 0.6) is 0 Å². The van der Waals surface area contributed by atoms with Gasteiger partial charge in [0.2, 0.25) is 5.91 Å². The van der Waals surface area contributed by atoms with E-state index in [1.807, 2.05) is 0 Å². The minimum atomic E-state index is -3.17. The van der Waals surface area contributed by atoms with Gasteiger partial charge in [-0.1, -0.05) is 11.6 Å². The lowest BCUT2D eigenvalue weighted by molar-refractivity contribution is -0.164. The number of fused-ring (bicyclic) bond motifs is 1. The first-order chi connectivity index (χ1) is 16.8. The molecule has 0 saturated heterocycles. The van der Waals surface area contributed by atoms with Crippen molar-refractivity contribution in [3.63, 3.8) is 0 Å². The maximum absolute atomic E-state index is 13.6. The van der Waals surface area contributed by atoms with E-state index in [-0.39, 0.29) is 46.2 Å². The van der Waals surface area contributed by atoms with Crippen molar-refractivity contribution in [2.75, 3.05) is 12.4 Å². The van der Waals surface area contributed by atoms with Gasteiger partial charge in [0.25, 0.3) is 23.5 Å². The molecule has 4 N–H and O–H groups in total. The summed E-state index contributed by atoms with van der Waals surface area (Å²) in [4.78, 5) is 51.3. The Bertz CT molecular complexity index is 1300. The number of aliphatic hydroxyl groups excluding tert-OH is 1. The van der Waals surface area contributed by atoms with Crippen molar-refractivity contribution < 1.29 is 37.5 Å². The molecule has 0 radical (unpaired) electrons. The SMILES string of the molecule is CNC(=O)C1(NC(=O)C(=O)c2c(C)c(C(=O)Nc3ccc(F)c(Cl)c3)n3c2CC(O)C3)CC(F)(F)C1. The molecule has 1 aliphatic heterocycles. The third-order valence-electron chi connectivity index (χ3n) is 6.40. The lowest BCUT2D eigenvalue weighted by Gasteiger charge is -2.45. The molecule has 192 valence electrons. The van der Waals surface area contributed by atoms with Crippen LogP contribution in [0.3, 0.4) is 0 Å². The van der Waals surface area contributed by atoms with E-state index in [1.165, 1.54) is 30.7 Å². The van der Waals surface area contributed by atoms with E-state index in [2.05, 4.69) is 16.0 Å². The van der Waals surface area contributed by atoms with Gasteiger partial charge in [0.1, 0.15) is 17.1 Å². The molecule has 1 saturated carbocycles. The number of carbonyl (C=O) groups excluding carboxylic acids is 4. The molecule has 4 rings (SSSR count). The fraction of sp³-hybridized carbons (Fsp3) is 0.391. The number of Topliss-reactive ketones (excluding diaryl/α,β-unsaturated/α-hetero) is 1. The van der Waals surface area contributed by atoms with Gasteiger partial charge in [-0.3, -0.25) is 19.2 Å². The lowest BCUT2D eigenvalue weighted by Crippen LogP contribution is -2.69. The third-order valence-corrected chi connectivity index (χ3v) is 6.69. The number of alkyl halides is 2. The average Bonchev–Trinajstić information content (AvgIpc) is 3.26. The van der Waals surface area contributed by atoms with Gasteiger partial charge in [-0.15, -0.1) is 0 Å². The summed E-state index contributed by atoms with van der Waals surface area (Å²) >= 11 is 5.76. The Morgan fingerprint density at radius 2 is 1.86 bits per heavy atom. The fourth-order valence-corrected chi connectivity index (χ4v) is 5.02. The maximum Gasteiger partial charge on any atom is 0.293 e.